The molecule has 0 aromatic rings. The van der Waals surface area contributed by atoms with Crippen LogP contribution in [-0.2, 0) is 23.9 Å². The van der Waals surface area contributed by atoms with Gasteiger partial charge in [0.2, 0.25) is 0 Å². The third-order valence-corrected chi connectivity index (χ3v) is 9.03. The maximum Gasteiger partial charge on any atom is 0.315 e. The molecule has 0 saturated heterocycles. The Balaban J connectivity index is 1.74. The predicted octanol–water partition coefficient (Wildman–Crippen LogP) is 3.68. The van der Waals surface area contributed by atoms with E-state index in [1.54, 1.807) is 0 Å². The summed E-state index contributed by atoms with van der Waals surface area (Å²) in [5, 5.41) is 0. The summed E-state index contributed by atoms with van der Waals surface area (Å²) in [6, 6.07) is 0. The number of fused-ring (bicyclic) bond motifs is 3. The van der Waals surface area contributed by atoms with Crippen molar-refractivity contribution < 1.29 is 23.9 Å². The van der Waals surface area contributed by atoms with E-state index < -0.39 is 11.5 Å². The number of Topliss-reactive ketones (excluding diaryl/α,β-unsaturated/α-hetero) is 1. The predicted molar refractivity (Wildman–Crippen MR) is 98.6 cm³/mol. The molecule has 2 bridgehead atoms. The van der Waals surface area contributed by atoms with E-state index in [-0.39, 0.29) is 34.6 Å². The Labute approximate surface area is 161 Å². The van der Waals surface area contributed by atoms with Gasteiger partial charge in [0.05, 0.1) is 7.11 Å². The Morgan fingerprint density at radius 2 is 1.74 bits per heavy atom. The van der Waals surface area contributed by atoms with Crippen molar-refractivity contribution in [3.8, 4) is 0 Å². The SMILES string of the molecule is COC(=O)C1(C)C(OC(C)=O)CCC2(C)C3CC4CCC3(CCC21)CC4=O. The fourth-order valence-electron chi connectivity index (χ4n) is 7.82. The van der Waals surface area contributed by atoms with Gasteiger partial charge >= 0.3 is 11.9 Å². The number of rotatable bonds is 2. The van der Waals surface area contributed by atoms with Crippen molar-refractivity contribution >= 4 is 17.7 Å². The molecule has 5 heteroatoms. The summed E-state index contributed by atoms with van der Waals surface area (Å²) in [4.78, 5) is 37.2. The Kier molecular flexibility index (Phi) is 4.25. The molecular weight excluding hydrogens is 344 g/mol. The van der Waals surface area contributed by atoms with Crippen LogP contribution in [0, 0.1) is 34.0 Å². The van der Waals surface area contributed by atoms with E-state index in [0.29, 0.717) is 18.1 Å². The molecule has 7 atom stereocenters. The lowest BCUT2D eigenvalue weighted by Crippen LogP contribution is -2.65. The standard InChI is InChI=1S/C22H32O5/c1-13(23)27-18-7-8-20(2)16(21(18,3)19(25)26-4)6-10-22-9-5-14(11-17(20)22)15(24)12-22/h14,16-18H,5-12H2,1-4H3. The summed E-state index contributed by atoms with van der Waals surface area (Å²) in [5.41, 5.74) is -0.713. The van der Waals surface area contributed by atoms with Gasteiger partial charge in [-0.3, -0.25) is 14.4 Å². The van der Waals surface area contributed by atoms with Crippen LogP contribution in [-0.4, -0.2) is 30.9 Å². The molecule has 1 spiro atoms. The fourth-order valence-corrected chi connectivity index (χ4v) is 7.82. The van der Waals surface area contributed by atoms with Crippen LogP contribution < -0.4 is 0 Å². The van der Waals surface area contributed by atoms with Crippen molar-refractivity contribution in [1.82, 2.24) is 0 Å². The summed E-state index contributed by atoms with van der Waals surface area (Å²) < 4.78 is 10.9. The summed E-state index contributed by atoms with van der Waals surface area (Å²) in [6.07, 6.45) is 6.98. The number of ketones is 1. The number of hydrogen-bond donors (Lipinski definition) is 0. The molecule has 0 radical (unpaired) electrons. The Hall–Kier alpha value is -1.39. The first-order valence-corrected chi connectivity index (χ1v) is 10.5. The summed E-state index contributed by atoms with van der Waals surface area (Å²) in [7, 11) is 1.43. The van der Waals surface area contributed by atoms with E-state index >= 15 is 0 Å². The molecular formula is C22H32O5. The van der Waals surface area contributed by atoms with E-state index in [1.165, 1.54) is 14.0 Å². The van der Waals surface area contributed by atoms with E-state index in [9.17, 15) is 14.4 Å². The van der Waals surface area contributed by atoms with Crippen LogP contribution in [0.5, 0.6) is 0 Å². The maximum atomic E-state index is 13.0. The minimum absolute atomic E-state index is 0.0167. The highest BCUT2D eigenvalue weighted by Gasteiger charge is 2.68. The van der Waals surface area contributed by atoms with Gasteiger partial charge in [-0.2, -0.15) is 0 Å². The zero-order valence-electron chi connectivity index (χ0n) is 17.0. The van der Waals surface area contributed by atoms with Crippen molar-refractivity contribution in [2.24, 2.45) is 34.0 Å². The van der Waals surface area contributed by atoms with Gasteiger partial charge in [0, 0.05) is 19.3 Å². The van der Waals surface area contributed by atoms with Crippen molar-refractivity contribution in [3.05, 3.63) is 0 Å². The largest absolute Gasteiger partial charge is 0.468 e. The quantitative estimate of drug-likeness (QED) is 0.688. The lowest BCUT2D eigenvalue weighted by atomic mass is 9.37. The van der Waals surface area contributed by atoms with Crippen LogP contribution in [0.4, 0.5) is 0 Å². The molecule has 0 N–H and O–H groups in total. The van der Waals surface area contributed by atoms with Crippen molar-refractivity contribution in [2.75, 3.05) is 7.11 Å². The highest BCUT2D eigenvalue weighted by Crippen LogP contribution is 2.71. The highest BCUT2D eigenvalue weighted by molar-refractivity contribution is 5.84. The maximum absolute atomic E-state index is 13.0. The Morgan fingerprint density at radius 1 is 1.04 bits per heavy atom. The second-order valence-corrected chi connectivity index (χ2v) is 10.0. The molecule has 5 aliphatic carbocycles. The van der Waals surface area contributed by atoms with Gasteiger partial charge in [-0.05, 0) is 74.5 Å². The van der Waals surface area contributed by atoms with Crippen LogP contribution in [0.3, 0.4) is 0 Å². The van der Waals surface area contributed by atoms with Crippen molar-refractivity contribution in [3.63, 3.8) is 0 Å². The summed E-state index contributed by atoms with van der Waals surface area (Å²) in [6.45, 7) is 5.69. The topological polar surface area (TPSA) is 69.7 Å². The summed E-state index contributed by atoms with van der Waals surface area (Å²) >= 11 is 0. The molecule has 0 aliphatic heterocycles. The fraction of sp³-hybridized carbons (Fsp3) is 0.864. The number of hydrogen-bond acceptors (Lipinski definition) is 5. The lowest BCUT2D eigenvalue weighted by molar-refractivity contribution is -0.223. The van der Waals surface area contributed by atoms with Gasteiger partial charge in [-0.1, -0.05) is 6.92 Å². The number of carbonyl (C=O) groups is 3. The average molecular weight is 376 g/mol. The third kappa shape index (κ3) is 2.45. The number of esters is 2. The molecule has 0 aromatic carbocycles. The second kappa shape index (κ2) is 6.05. The van der Waals surface area contributed by atoms with E-state index in [2.05, 4.69) is 6.92 Å². The minimum atomic E-state index is -0.824. The molecule has 5 rings (SSSR count). The van der Waals surface area contributed by atoms with Crippen molar-refractivity contribution in [1.29, 1.82) is 0 Å². The number of carbonyl (C=O) groups excluding carboxylic acids is 3. The molecule has 5 saturated carbocycles. The zero-order chi connectivity index (χ0) is 19.6. The molecule has 0 amide bonds. The second-order valence-electron chi connectivity index (χ2n) is 10.0. The van der Waals surface area contributed by atoms with Gasteiger partial charge in [0.25, 0.3) is 0 Å². The molecule has 0 aromatic heterocycles. The van der Waals surface area contributed by atoms with Crippen LogP contribution in [0.2, 0.25) is 0 Å². The molecule has 27 heavy (non-hydrogen) atoms. The van der Waals surface area contributed by atoms with E-state index in [1.807, 2.05) is 6.92 Å². The van der Waals surface area contributed by atoms with Gasteiger partial charge in [-0.15, -0.1) is 0 Å². The minimum Gasteiger partial charge on any atom is -0.468 e. The lowest BCUT2D eigenvalue weighted by Gasteiger charge is -2.67. The highest BCUT2D eigenvalue weighted by atomic mass is 16.6. The van der Waals surface area contributed by atoms with E-state index in [0.717, 1.165) is 44.9 Å². The van der Waals surface area contributed by atoms with Crippen LogP contribution in [0.1, 0.15) is 72.1 Å². The number of ether oxygens (including phenoxy) is 2. The monoisotopic (exact) mass is 376 g/mol. The van der Waals surface area contributed by atoms with Crippen LogP contribution in [0.25, 0.3) is 0 Å². The van der Waals surface area contributed by atoms with Gasteiger partial charge in [0.1, 0.15) is 17.3 Å². The number of methoxy groups -OCH3 is 1. The molecule has 0 heterocycles. The normalized spacial score (nSPS) is 48.4. The van der Waals surface area contributed by atoms with Gasteiger partial charge < -0.3 is 9.47 Å². The van der Waals surface area contributed by atoms with Gasteiger partial charge in [-0.25, -0.2) is 0 Å². The van der Waals surface area contributed by atoms with Gasteiger partial charge in [0.15, 0.2) is 0 Å². The Morgan fingerprint density at radius 3 is 2.37 bits per heavy atom. The zero-order valence-corrected chi connectivity index (χ0v) is 17.0. The molecule has 150 valence electrons. The average Bonchev–Trinajstić information content (AvgIpc) is 2.63. The van der Waals surface area contributed by atoms with Crippen molar-refractivity contribution in [2.45, 2.75) is 78.2 Å². The molecule has 5 aliphatic rings. The summed E-state index contributed by atoms with van der Waals surface area (Å²) in [5.74, 6) is 0.654. The van der Waals surface area contributed by atoms with E-state index in [4.69, 9.17) is 9.47 Å². The first-order valence-electron chi connectivity index (χ1n) is 10.5. The van der Waals surface area contributed by atoms with Crippen LogP contribution in [0.15, 0.2) is 0 Å². The third-order valence-electron chi connectivity index (χ3n) is 9.03. The molecule has 5 nitrogen and oxygen atoms in total. The van der Waals surface area contributed by atoms with Crippen LogP contribution >= 0.6 is 0 Å². The smallest absolute Gasteiger partial charge is 0.315 e. The first kappa shape index (κ1) is 18.9. The molecule has 7 unspecified atom stereocenters. The first-order chi connectivity index (χ1) is 12.7. The molecule has 5 fully saturated rings. The Bertz CT molecular complexity index is 686.